The van der Waals surface area contributed by atoms with Crippen LogP contribution in [0.15, 0.2) is 55.0 Å². The van der Waals surface area contributed by atoms with E-state index in [1.165, 1.54) is 37.7 Å². The Morgan fingerprint density at radius 2 is 1.96 bits per heavy atom. The van der Waals surface area contributed by atoms with Gasteiger partial charge in [-0.05, 0) is 30.3 Å². The molecule has 1 aromatic carbocycles. The number of rotatable bonds is 6. The minimum absolute atomic E-state index is 0.137. The molecule has 142 valence electrons. The third kappa shape index (κ3) is 4.80. The Labute approximate surface area is 166 Å². The van der Waals surface area contributed by atoms with Crippen molar-refractivity contribution in [1.29, 1.82) is 0 Å². The molecule has 0 spiro atoms. The van der Waals surface area contributed by atoms with Crippen LogP contribution in [0.2, 0.25) is 5.02 Å². The zero-order chi connectivity index (χ0) is 19.9. The second kappa shape index (κ2) is 8.92. The molecule has 3 aromatic rings. The van der Waals surface area contributed by atoms with Crippen molar-refractivity contribution in [2.24, 2.45) is 0 Å². The van der Waals surface area contributed by atoms with Crippen LogP contribution < -0.4 is 10.6 Å². The van der Waals surface area contributed by atoms with E-state index in [1.807, 2.05) is 18.2 Å². The van der Waals surface area contributed by atoms with Crippen LogP contribution in [0.25, 0.3) is 0 Å². The molecule has 0 aliphatic heterocycles. The number of nitrogens with zero attached hydrogens (tertiary/aromatic N) is 3. The van der Waals surface area contributed by atoms with Crippen molar-refractivity contribution in [2.45, 2.75) is 6.54 Å². The quantitative estimate of drug-likeness (QED) is 0.615. The molecule has 0 saturated heterocycles. The lowest BCUT2D eigenvalue weighted by Gasteiger charge is -2.10. The van der Waals surface area contributed by atoms with Gasteiger partial charge in [0.2, 0.25) is 0 Å². The highest BCUT2D eigenvalue weighted by Crippen LogP contribution is 2.24. The maximum atomic E-state index is 12.5. The zero-order valence-electron chi connectivity index (χ0n) is 14.8. The number of carbonyl (C=O) groups excluding carboxylic acids is 2. The van der Waals surface area contributed by atoms with Crippen LogP contribution >= 0.6 is 11.6 Å². The Balaban J connectivity index is 1.72. The van der Waals surface area contributed by atoms with Gasteiger partial charge < -0.3 is 15.4 Å². The molecule has 0 fully saturated rings. The summed E-state index contributed by atoms with van der Waals surface area (Å²) in [5.74, 6) is -0.553. The number of hydrogen-bond donors (Lipinski definition) is 2. The predicted octanol–water partition coefficient (Wildman–Crippen LogP) is 3.18. The number of hydrogen-bond acceptors (Lipinski definition) is 7. The second-order valence-corrected chi connectivity index (χ2v) is 6.01. The van der Waals surface area contributed by atoms with Crippen molar-refractivity contribution >= 4 is 35.0 Å². The van der Waals surface area contributed by atoms with Crippen LogP contribution in [-0.2, 0) is 11.3 Å². The Morgan fingerprint density at radius 1 is 1.11 bits per heavy atom. The highest BCUT2D eigenvalue weighted by molar-refractivity contribution is 6.34. The minimum Gasteiger partial charge on any atom is -0.465 e. The maximum absolute atomic E-state index is 12.5. The van der Waals surface area contributed by atoms with Crippen LogP contribution in [0.4, 0.5) is 11.5 Å². The fraction of sp³-hybridized carbons (Fsp3) is 0.105. The fourth-order valence-electron chi connectivity index (χ4n) is 2.31. The average Bonchev–Trinajstić information content (AvgIpc) is 2.74. The van der Waals surface area contributed by atoms with Crippen molar-refractivity contribution in [1.82, 2.24) is 15.0 Å². The highest BCUT2D eigenvalue weighted by Gasteiger charge is 2.14. The molecule has 28 heavy (non-hydrogen) atoms. The fourth-order valence-corrected chi connectivity index (χ4v) is 2.48. The lowest BCUT2D eigenvalue weighted by molar-refractivity contribution is 0.0600. The first-order valence-electron chi connectivity index (χ1n) is 8.22. The second-order valence-electron chi connectivity index (χ2n) is 5.60. The lowest BCUT2D eigenvalue weighted by atomic mass is 10.2. The number of aromatic nitrogens is 3. The number of anilines is 2. The number of benzene rings is 1. The molecule has 9 heteroatoms. The first kappa shape index (κ1) is 19.2. The number of ether oxygens (including phenoxy) is 1. The van der Waals surface area contributed by atoms with Gasteiger partial charge in [-0.1, -0.05) is 17.7 Å². The number of pyridine rings is 1. The monoisotopic (exact) mass is 397 g/mol. The molecule has 0 radical (unpaired) electrons. The number of methoxy groups -OCH3 is 1. The van der Waals surface area contributed by atoms with E-state index in [0.717, 1.165) is 5.69 Å². The van der Waals surface area contributed by atoms with E-state index in [2.05, 4.69) is 30.3 Å². The third-order valence-corrected chi connectivity index (χ3v) is 4.04. The summed E-state index contributed by atoms with van der Waals surface area (Å²) in [5.41, 5.74) is 1.51. The van der Waals surface area contributed by atoms with E-state index < -0.39 is 11.9 Å². The van der Waals surface area contributed by atoms with Crippen molar-refractivity contribution in [3.63, 3.8) is 0 Å². The van der Waals surface area contributed by atoms with Crippen molar-refractivity contribution in [3.8, 4) is 0 Å². The summed E-state index contributed by atoms with van der Waals surface area (Å²) < 4.78 is 4.67. The number of amides is 1. The lowest BCUT2D eigenvalue weighted by Crippen LogP contribution is -2.15. The molecule has 1 amide bonds. The van der Waals surface area contributed by atoms with Crippen LogP contribution in [-0.4, -0.2) is 33.9 Å². The Bertz CT molecular complexity index is 998. The molecule has 0 saturated carbocycles. The van der Waals surface area contributed by atoms with Crippen molar-refractivity contribution in [3.05, 3.63) is 77.0 Å². The number of esters is 1. The van der Waals surface area contributed by atoms with Gasteiger partial charge >= 0.3 is 5.97 Å². The van der Waals surface area contributed by atoms with E-state index >= 15 is 0 Å². The van der Waals surface area contributed by atoms with Crippen molar-refractivity contribution < 1.29 is 14.3 Å². The number of halogens is 1. The van der Waals surface area contributed by atoms with E-state index in [-0.39, 0.29) is 22.0 Å². The molecule has 3 rings (SSSR count). The van der Waals surface area contributed by atoms with Crippen LogP contribution in [0.1, 0.15) is 26.5 Å². The van der Waals surface area contributed by atoms with Gasteiger partial charge in [-0.2, -0.15) is 0 Å². The Morgan fingerprint density at radius 3 is 2.71 bits per heavy atom. The molecular weight excluding hydrogens is 382 g/mol. The standard InChI is InChI=1S/C19H16ClN5O3/c1-28-19(27)12-5-6-14(20)15(8-12)25-18(26)16-9-17(24-11-23-16)22-10-13-4-2-3-7-21-13/h2-9,11H,10H2,1H3,(H,25,26)(H,22,23,24). The normalized spacial score (nSPS) is 10.2. The molecule has 2 aromatic heterocycles. The summed E-state index contributed by atoms with van der Waals surface area (Å²) in [6, 6.07) is 11.5. The van der Waals surface area contributed by atoms with Crippen molar-refractivity contribution in [2.75, 3.05) is 17.7 Å². The van der Waals surface area contributed by atoms with Gasteiger partial charge in [0, 0.05) is 12.3 Å². The van der Waals surface area contributed by atoms with Gasteiger partial charge in [-0.15, -0.1) is 0 Å². The van der Waals surface area contributed by atoms with Gasteiger partial charge in [-0.3, -0.25) is 9.78 Å². The van der Waals surface area contributed by atoms with Gasteiger partial charge in [0.1, 0.15) is 17.8 Å². The van der Waals surface area contributed by atoms with E-state index in [4.69, 9.17) is 11.6 Å². The minimum atomic E-state index is -0.532. The van der Waals surface area contributed by atoms with E-state index in [0.29, 0.717) is 12.4 Å². The summed E-state index contributed by atoms with van der Waals surface area (Å²) in [5, 5.41) is 6.00. The molecule has 0 unspecified atom stereocenters. The smallest absolute Gasteiger partial charge is 0.337 e. The summed E-state index contributed by atoms with van der Waals surface area (Å²) >= 11 is 6.11. The van der Waals surface area contributed by atoms with Crippen LogP contribution in [0.5, 0.6) is 0 Å². The molecule has 0 atom stereocenters. The van der Waals surface area contributed by atoms with Crippen LogP contribution in [0, 0.1) is 0 Å². The molecule has 0 bridgehead atoms. The summed E-state index contributed by atoms with van der Waals surface area (Å²) in [4.78, 5) is 36.5. The van der Waals surface area contributed by atoms with Gasteiger partial charge in [0.05, 0.1) is 35.6 Å². The maximum Gasteiger partial charge on any atom is 0.337 e. The number of carbonyl (C=O) groups is 2. The number of nitrogens with one attached hydrogen (secondary N) is 2. The molecule has 0 aliphatic rings. The molecule has 2 heterocycles. The zero-order valence-corrected chi connectivity index (χ0v) is 15.6. The van der Waals surface area contributed by atoms with E-state index in [1.54, 1.807) is 6.20 Å². The van der Waals surface area contributed by atoms with E-state index in [9.17, 15) is 9.59 Å². The van der Waals surface area contributed by atoms with Gasteiger partial charge in [0.15, 0.2) is 0 Å². The topological polar surface area (TPSA) is 106 Å². The SMILES string of the molecule is COC(=O)c1ccc(Cl)c(NC(=O)c2cc(NCc3ccccn3)ncn2)c1. The molecule has 2 N–H and O–H groups in total. The van der Waals surface area contributed by atoms with Gasteiger partial charge in [0.25, 0.3) is 5.91 Å². The summed E-state index contributed by atoms with van der Waals surface area (Å²) in [6.07, 6.45) is 2.98. The Hall–Kier alpha value is -3.52. The first-order valence-corrected chi connectivity index (χ1v) is 8.59. The highest BCUT2D eigenvalue weighted by atomic mass is 35.5. The summed E-state index contributed by atoms with van der Waals surface area (Å²) in [7, 11) is 1.27. The predicted molar refractivity (Wildman–Crippen MR) is 104 cm³/mol. The van der Waals surface area contributed by atoms with Gasteiger partial charge in [-0.25, -0.2) is 14.8 Å². The molecule has 8 nitrogen and oxygen atoms in total. The summed E-state index contributed by atoms with van der Waals surface area (Å²) in [6.45, 7) is 0.450. The first-order chi connectivity index (χ1) is 13.6. The third-order valence-electron chi connectivity index (χ3n) is 3.71. The average molecular weight is 398 g/mol. The largest absolute Gasteiger partial charge is 0.465 e. The molecular formula is C19H16ClN5O3. The Kier molecular flexibility index (Phi) is 6.13. The molecule has 0 aliphatic carbocycles. The van der Waals surface area contributed by atoms with Crippen LogP contribution in [0.3, 0.4) is 0 Å².